The summed E-state index contributed by atoms with van der Waals surface area (Å²) >= 11 is 0. The van der Waals surface area contributed by atoms with E-state index in [2.05, 4.69) is 10.5 Å². The summed E-state index contributed by atoms with van der Waals surface area (Å²) in [4.78, 5) is 13.8. The van der Waals surface area contributed by atoms with Gasteiger partial charge in [0.15, 0.2) is 5.82 Å². The lowest BCUT2D eigenvalue weighted by molar-refractivity contribution is -0.116. The molecule has 0 aliphatic heterocycles. The normalized spacial score (nSPS) is 17.6. The smallest absolute Gasteiger partial charge is 0.226 e. The first-order chi connectivity index (χ1) is 9.47. The van der Waals surface area contributed by atoms with Crippen molar-refractivity contribution in [3.05, 3.63) is 11.8 Å². The molecule has 1 aromatic heterocycles. The molecule has 1 aliphatic rings. The number of aliphatic hydroxyl groups is 1. The summed E-state index contributed by atoms with van der Waals surface area (Å²) in [6, 6.07) is 1.68. The number of likely N-dealkylation sites (N-methyl/N-ethyl adjacent to an activating group) is 1. The van der Waals surface area contributed by atoms with Crippen LogP contribution in [-0.4, -0.2) is 46.8 Å². The number of hydrogen-bond donors (Lipinski definition) is 2. The van der Waals surface area contributed by atoms with Crippen LogP contribution in [0.3, 0.4) is 0 Å². The molecule has 0 radical (unpaired) electrons. The van der Waals surface area contributed by atoms with E-state index in [-0.39, 0.29) is 5.91 Å². The highest BCUT2D eigenvalue weighted by Gasteiger charge is 2.32. The molecule has 1 saturated carbocycles. The monoisotopic (exact) mass is 281 g/mol. The van der Waals surface area contributed by atoms with Gasteiger partial charge in [-0.25, -0.2) is 0 Å². The summed E-state index contributed by atoms with van der Waals surface area (Å²) < 4.78 is 4.88. The van der Waals surface area contributed by atoms with Gasteiger partial charge >= 0.3 is 0 Å². The zero-order valence-corrected chi connectivity index (χ0v) is 12.2. The van der Waals surface area contributed by atoms with Crippen molar-refractivity contribution >= 4 is 11.7 Å². The van der Waals surface area contributed by atoms with Crippen molar-refractivity contribution in [2.45, 2.75) is 44.6 Å². The Morgan fingerprint density at radius 2 is 2.25 bits per heavy atom. The number of hydrogen-bond acceptors (Lipinski definition) is 5. The molecule has 112 valence electrons. The van der Waals surface area contributed by atoms with E-state index in [1.54, 1.807) is 13.0 Å². The second-order valence-corrected chi connectivity index (χ2v) is 5.79. The molecule has 2 N–H and O–H groups in total. The number of carbonyl (C=O) groups excluding carboxylic acids is 1. The molecular weight excluding hydrogens is 258 g/mol. The predicted octanol–water partition coefficient (Wildman–Crippen LogP) is 1.55. The third kappa shape index (κ3) is 4.31. The third-order valence-electron chi connectivity index (χ3n) is 3.71. The van der Waals surface area contributed by atoms with E-state index in [9.17, 15) is 9.90 Å². The fourth-order valence-corrected chi connectivity index (χ4v) is 2.70. The van der Waals surface area contributed by atoms with Crippen molar-refractivity contribution in [3.63, 3.8) is 0 Å². The fourth-order valence-electron chi connectivity index (χ4n) is 2.70. The maximum atomic E-state index is 11.8. The van der Waals surface area contributed by atoms with Crippen molar-refractivity contribution < 1.29 is 14.4 Å². The topological polar surface area (TPSA) is 78.6 Å². The van der Waals surface area contributed by atoms with E-state index < -0.39 is 5.60 Å². The highest BCUT2D eigenvalue weighted by molar-refractivity contribution is 5.89. The second kappa shape index (κ2) is 6.37. The molecule has 1 heterocycles. The predicted molar refractivity (Wildman–Crippen MR) is 75.4 cm³/mol. The lowest BCUT2D eigenvalue weighted by Crippen LogP contribution is -2.40. The van der Waals surface area contributed by atoms with E-state index in [0.717, 1.165) is 25.7 Å². The third-order valence-corrected chi connectivity index (χ3v) is 3.71. The summed E-state index contributed by atoms with van der Waals surface area (Å²) in [5, 5.41) is 16.7. The molecule has 1 aromatic rings. The molecule has 0 unspecified atom stereocenters. The quantitative estimate of drug-likeness (QED) is 0.827. The lowest BCUT2D eigenvalue weighted by Gasteiger charge is -2.28. The SMILES string of the molecule is Cc1cc(NC(=O)CCN(C)CC2(O)CCCC2)no1. The number of rotatable bonds is 6. The molecular formula is C14H23N3O3. The van der Waals surface area contributed by atoms with Crippen LogP contribution >= 0.6 is 0 Å². The molecule has 6 heteroatoms. The van der Waals surface area contributed by atoms with Crippen LogP contribution in [0, 0.1) is 6.92 Å². The van der Waals surface area contributed by atoms with Gasteiger partial charge in [-0.1, -0.05) is 18.0 Å². The number of aromatic nitrogens is 1. The molecule has 6 nitrogen and oxygen atoms in total. The molecule has 0 atom stereocenters. The van der Waals surface area contributed by atoms with Crippen LogP contribution in [0.25, 0.3) is 0 Å². The van der Waals surface area contributed by atoms with E-state index in [1.165, 1.54) is 0 Å². The fraction of sp³-hybridized carbons (Fsp3) is 0.714. The van der Waals surface area contributed by atoms with E-state index in [1.807, 2.05) is 11.9 Å². The van der Waals surface area contributed by atoms with Gasteiger partial charge in [0, 0.05) is 25.6 Å². The Labute approximate surface area is 119 Å². The Hall–Kier alpha value is -1.40. The molecule has 1 amide bonds. The maximum absolute atomic E-state index is 11.8. The first-order valence-electron chi connectivity index (χ1n) is 7.11. The number of nitrogens with one attached hydrogen (secondary N) is 1. The van der Waals surface area contributed by atoms with Crippen LogP contribution in [0.15, 0.2) is 10.6 Å². The van der Waals surface area contributed by atoms with Crippen LogP contribution in [0.1, 0.15) is 37.9 Å². The minimum absolute atomic E-state index is 0.0939. The van der Waals surface area contributed by atoms with Gasteiger partial charge in [-0.3, -0.25) is 4.79 Å². The zero-order valence-electron chi connectivity index (χ0n) is 12.2. The minimum atomic E-state index is -0.561. The maximum Gasteiger partial charge on any atom is 0.226 e. The zero-order chi connectivity index (χ0) is 14.6. The minimum Gasteiger partial charge on any atom is -0.389 e. The van der Waals surface area contributed by atoms with Gasteiger partial charge in [-0.15, -0.1) is 0 Å². The molecule has 1 aliphatic carbocycles. The summed E-state index contributed by atoms with van der Waals surface area (Å²) in [7, 11) is 1.93. The number of carbonyl (C=O) groups is 1. The van der Waals surface area contributed by atoms with Gasteiger partial charge in [0.05, 0.1) is 5.60 Å². The molecule has 20 heavy (non-hydrogen) atoms. The first kappa shape index (κ1) is 15.0. The summed E-state index contributed by atoms with van der Waals surface area (Å²) in [6.07, 6.45) is 4.29. The molecule has 0 spiro atoms. The first-order valence-corrected chi connectivity index (χ1v) is 7.11. The largest absolute Gasteiger partial charge is 0.389 e. The van der Waals surface area contributed by atoms with Crippen molar-refractivity contribution in [3.8, 4) is 0 Å². The number of anilines is 1. The van der Waals surface area contributed by atoms with Gasteiger partial charge in [-0.05, 0) is 26.8 Å². The molecule has 0 saturated heterocycles. The number of nitrogens with zero attached hydrogens (tertiary/aromatic N) is 2. The highest BCUT2D eigenvalue weighted by atomic mass is 16.5. The van der Waals surface area contributed by atoms with E-state index in [4.69, 9.17) is 4.52 Å². The average molecular weight is 281 g/mol. The summed E-state index contributed by atoms with van der Waals surface area (Å²) in [5.41, 5.74) is -0.561. The number of amides is 1. The van der Waals surface area contributed by atoms with Crippen molar-refractivity contribution in [1.29, 1.82) is 0 Å². The van der Waals surface area contributed by atoms with Crippen LogP contribution in [0.5, 0.6) is 0 Å². The number of aryl methyl sites for hydroxylation is 1. The van der Waals surface area contributed by atoms with Crippen LogP contribution in [0.2, 0.25) is 0 Å². The van der Waals surface area contributed by atoms with Gasteiger partial charge in [0.25, 0.3) is 0 Å². The second-order valence-electron chi connectivity index (χ2n) is 5.79. The van der Waals surface area contributed by atoms with Crippen molar-refractivity contribution in [2.24, 2.45) is 0 Å². The Morgan fingerprint density at radius 3 is 2.85 bits per heavy atom. The van der Waals surface area contributed by atoms with Crippen molar-refractivity contribution in [2.75, 3.05) is 25.5 Å². The van der Waals surface area contributed by atoms with Crippen LogP contribution in [-0.2, 0) is 4.79 Å². The van der Waals surface area contributed by atoms with Crippen LogP contribution < -0.4 is 5.32 Å². The van der Waals surface area contributed by atoms with E-state index in [0.29, 0.717) is 31.1 Å². The molecule has 0 bridgehead atoms. The average Bonchev–Trinajstić information content (AvgIpc) is 2.96. The molecule has 2 rings (SSSR count). The Morgan fingerprint density at radius 1 is 1.55 bits per heavy atom. The van der Waals surface area contributed by atoms with Gasteiger partial charge in [-0.2, -0.15) is 0 Å². The summed E-state index contributed by atoms with van der Waals surface area (Å²) in [6.45, 7) is 3.02. The Kier molecular flexibility index (Phi) is 4.77. The molecule has 1 fully saturated rings. The summed E-state index contributed by atoms with van der Waals surface area (Å²) in [5.74, 6) is 1.02. The van der Waals surface area contributed by atoms with E-state index >= 15 is 0 Å². The van der Waals surface area contributed by atoms with Gasteiger partial charge in [0.2, 0.25) is 5.91 Å². The van der Waals surface area contributed by atoms with Gasteiger partial charge in [0.1, 0.15) is 5.76 Å². The van der Waals surface area contributed by atoms with Crippen LogP contribution in [0.4, 0.5) is 5.82 Å². The standard InChI is InChI=1S/C14H23N3O3/c1-11-9-12(16-20-11)15-13(18)5-8-17(2)10-14(19)6-3-4-7-14/h9,19H,3-8,10H2,1-2H3,(H,15,16,18). The van der Waals surface area contributed by atoms with Gasteiger partial charge < -0.3 is 19.8 Å². The highest BCUT2D eigenvalue weighted by Crippen LogP contribution is 2.29. The lowest BCUT2D eigenvalue weighted by atomic mass is 10.0. The Balaban J connectivity index is 1.70. The Bertz CT molecular complexity index is 452. The van der Waals surface area contributed by atoms with Crippen molar-refractivity contribution in [1.82, 2.24) is 10.1 Å². The molecule has 0 aromatic carbocycles.